The fourth-order valence-corrected chi connectivity index (χ4v) is 1.68. The molecule has 1 aliphatic heterocycles. The zero-order valence-corrected chi connectivity index (χ0v) is 8.66. The van der Waals surface area contributed by atoms with Gasteiger partial charge >= 0.3 is 6.09 Å². The fraction of sp³-hybridized carbons (Fsp3) is 0.273. The van der Waals surface area contributed by atoms with E-state index in [1.807, 2.05) is 18.2 Å². The number of amides is 2. The van der Waals surface area contributed by atoms with Gasteiger partial charge in [-0.25, -0.2) is 4.79 Å². The van der Waals surface area contributed by atoms with Crippen molar-refractivity contribution in [3.63, 3.8) is 0 Å². The lowest BCUT2D eigenvalue weighted by atomic mass is 10.0. The van der Waals surface area contributed by atoms with Crippen LogP contribution in [-0.2, 0) is 17.7 Å². The van der Waals surface area contributed by atoms with Gasteiger partial charge in [-0.15, -0.1) is 0 Å². The second kappa shape index (κ2) is 4.22. The van der Waals surface area contributed by atoms with Gasteiger partial charge in [0.2, 0.25) is 0 Å². The molecular formula is C11H12N2O3. The summed E-state index contributed by atoms with van der Waals surface area (Å²) in [6.45, 7) is 0.821. The maximum atomic E-state index is 11.4. The van der Waals surface area contributed by atoms with Crippen LogP contribution in [0.3, 0.4) is 0 Å². The van der Waals surface area contributed by atoms with Crippen LogP contribution < -0.4 is 11.1 Å². The van der Waals surface area contributed by atoms with Gasteiger partial charge in [0.15, 0.2) is 0 Å². The molecule has 5 heteroatoms. The van der Waals surface area contributed by atoms with Crippen LogP contribution in [0.4, 0.5) is 4.79 Å². The highest BCUT2D eigenvalue weighted by atomic mass is 16.5. The molecule has 0 fully saturated rings. The second-order valence-corrected chi connectivity index (χ2v) is 3.59. The van der Waals surface area contributed by atoms with Crippen LogP contribution in [0.2, 0.25) is 0 Å². The van der Waals surface area contributed by atoms with E-state index in [-0.39, 0.29) is 12.5 Å². The third-order valence-corrected chi connectivity index (χ3v) is 2.49. The molecule has 0 aliphatic carbocycles. The normalized spacial score (nSPS) is 13.1. The molecular weight excluding hydrogens is 208 g/mol. The summed E-state index contributed by atoms with van der Waals surface area (Å²) in [6, 6.07) is 5.65. The molecule has 1 aliphatic rings. The Labute approximate surface area is 92.6 Å². The molecule has 84 valence electrons. The Morgan fingerprint density at radius 2 is 2.31 bits per heavy atom. The van der Waals surface area contributed by atoms with Gasteiger partial charge in [-0.2, -0.15) is 0 Å². The maximum Gasteiger partial charge on any atom is 0.404 e. The van der Waals surface area contributed by atoms with Crippen molar-refractivity contribution in [1.29, 1.82) is 0 Å². The minimum absolute atomic E-state index is 0.0485. The van der Waals surface area contributed by atoms with Gasteiger partial charge in [0.25, 0.3) is 5.91 Å². The van der Waals surface area contributed by atoms with E-state index >= 15 is 0 Å². The summed E-state index contributed by atoms with van der Waals surface area (Å²) in [5.41, 5.74) is 7.51. The smallest absolute Gasteiger partial charge is 0.404 e. The largest absolute Gasteiger partial charge is 0.449 e. The van der Waals surface area contributed by atoms with E-state index in [0.29, 0.717) is 18.5 Å². The zero-order valence-electron chi connectivity index (χ0n) is 8.66. The molecule has 0 radical (unpaired) electrons. The van der Waals surface area contributed by atoms with Crippen molar-refractivity contribution in [3.05, 3.63) is 34.9 Å². The molecule has 2 amide bonds. The van der Waals surface area contributed by atoms with Gasteiger partial charge in [0.05, 0.1) is 6.61 Å². The third kappa shape index (κ3) is 2.13. The van der Waals surface area contributed by atoms with Gasteiger partial charge in [0, 0.05) is 18.5 Å². The van der Waals surface area contributed by atoms with Crippen LogP contribution in [0, 0.1) is 0 Å². The SMILES string of the molecule is NC(=O)OCCc1ccc2c(c1)C(=O)NC2. The summed E-state index contributed by atoms with van der Waals surface area (Å²) < 4.78 is 4.63. The number of nitrogens with one attached hydrogen (secondary N) is 1. The highest BCUT2D eigenvalue weighted by Crippen LogP contribution is 2.17. The second-order valence-electron chi connectivity index (χ2n) is 3.59. The molecule has 2 rings (SSSR count). The number of rotatable bonds is 3. The van der Waals surface area contributed by atoms with Crippen LogP contribution in [-0.4, -0.2) is 18.6 Å². The molecule has 0 saturated carbocycles. The van der Waals surface area contributed by atoms with E-state index < -0.39 is 6.09 Å². The Hall–Kier alpha value is -2.04. The van der Waals surface area contributed by atoms with Crippen LogP contribution in [0.1, 0.15) is 21.5 Å². The molecule has 0 aromatic heterocycles. The first kappa shape index (κ1) is 10.5. The number of ether oxygens (including phenoxy) is 1. The highest BCUT2D eigenvalue weighted by Gasteiger charge is 2.18. The molecule has 16 heavy (non-hydrogen) atoms. The quantitative estimate of drug-likeness (QED) is 0.781. The summed E-state index contributed by atoms with van der Waals surface area (Å²) >= 11 is 0. The molecule has 0 spiro atoms. The summed E-state index contributed by atoms with van der Waals surface area (Å²) in [5.74, 6) is -0.0485. The maximum absolute atomic E-state index is 11.4. The summed E-state index contributed by atoms with van der Waals surface area (Å²) in [6.07, 6.45) is -0.220. The minimum atomic E-state index is -0.779. The van der Waals surface area contributed by atoms with Crippen molar-refractivity contribution in [2.24, 2.45) is 5.73 Å². The minimum Gasteiger partial charge on any atom is -0.449 e. The third-order valence-electron chi connectivity index (χ3n) is 2.49. The lowest BCUT2D eigenvalue weighted by molar-refractivity contribution is 0.0965. The van der Waals surface area contributed by atoms with Crippen molar-refractivity contribution in [3.8, 4) is 0 Å². The Balaban J connectivity index is 2.04. The van der Waals surface area contributed by atoms with E-state index in [2.05, 4.69) is 10.1 Å². The van der Waals surface area contributed by atoms with Gasteiger partial charge in [0.1, 0.15) is 0 Å². The van der Waals surface area contributed by atoms with Gasteiger partial charge in [-0.05, 0) is 17.2 Å². The molecule has 0 bridgehead atoms. The number of nitrogens with two attached hydrogens (primary N) is 1. The van der Waals surface area contributed by atoms with Gasteiger partial charge in [-0.1, -0.05) is 12.1 Å². The Morgan fingerprint density at radius 1 is 1.50 bits per heavy atom. The lowest BCUT2D eigenvalue weighted by Gasteiger charge is -2.03. The molecule has 0 unspecified atom stereocenters. The number of benzene rings is 1. The van der Waals surface area contributed by atoms with Gasteiger partial charge in [-0.3, -0.25) is 4.79 Å². The first-order valence-corrected chi connectivity index (χ1v) is 4.99. The number of carbonyl (C=O) groups excluding carboxylic acids is 2. The summed E-state index contributed by atoms with van der Waals surface area (Å²) in [5, 5.41) is 2.74. The van der Waals surface area contributed by atoms with E-state index in [0.717, 1.165) is 11.1 Å². The van der Waals surface area contributed by atoms with Crippen LogP contribution in [0.15, 0.2) is 18.2 Å². The molecule has 0 atom stereocenters. The Kier molecular flexibility index (Phi) is 2.76. The van der Waals surface area contributed by atoms with Crippen molar-refractivity contribution in [2.45, 2.75) is 13.0 Å². The topological polar surface area (TPSA) is 81.4 Å². The average molecular weight is 220 g/mol. The zero-order chi connectivity index (χ0) is 11.5. The predicted octanol–water partition coefficient (Wildman–Crippen LogP) is 0.568. The van der Waals surface area contributed by atoms with Crippen LogP contribution in [0.5, 0.6) is 0 Å². The number of fused-ring (bicyclic) bond motifs is 1. The molecule has 1 heterocycles. The molecule has 3 N–H and O–H groups in total. The first-order valence-electron chi connectivity index (χ1n) is 4.99. The molecule has 0 saturated heterocycles. The van der Waals surface area contributed by atoms with Crippen LogP contribution in [0.25, 0.3) is 0 Å². The summed E-state index contributed by atoms with van der Waals surface area (Å²) in [4.78, 5) is 21.7. The van der Waals surface area contributed by atoms with Crippen molar-refractivity contribution >= 4 is 12.0 Å². The van der Waals surface area contributed by atoms with E-state index in [1.165, 1.54) is 0 Å². The molecule has 1 aromatic carbocycles. The standard InChI is InChI=1S/C11H12N2O3/c12-11(15)16-4-3-7-1-2-8-6-13-10(14)9(8)5-7/h1-2,5H,3-4,6H2,(H2,12,15)(H,13,14). The predicted molar refractivity (Wildman–Crippen MR) is 56.9 cm³/mol. The van der Waals surface area contributed by atoms with E-state index in [1.54, 1.807) is 0 Å². The monoisotopic (exact) mass is 220 g/mol. The lowest BCUT2D eigenvalue weighted by Crippen LogP contribution is -2.15. The summed E-state index contributed by atoms with van der Waals surface area (Å²) in [7, 11) is 0. The molecule has 1 aromatic rings. The number of carbonyl (C=O) groups is 2. The number of hydrogen-bond donors (Lipinski definition) is 2. The highest BCUT2D eigenvalue weighted by molar-refractivity contribution is 5.98. The van der Waals surface area contributed by atoms with Gasteiger partial charge < -0.3 is 15.8 Å². The first-order chi connectivity index (χ1) is 7.66. The van der Waals surface area contributed by atoms with E-state index in [4.69, 9.17) is 5.73 Å². The Morgan fingerprint density at radius 3 is 3.06 bits per heavy atom. The van der Waals surface area contributed by atoms with Crippen molar-refractivity contribution in [2.75, 3.05) is 6.61 Å². The Bertz CT molecular complexity index is 443. The number of primary amides is 1. The van der Waals surface area contributed by atoms with Crippen molar-refractivity contribution in [1.82, 2.24) is 5.32 Å². The van der Waals surface area contributed by atoms with Crippen molar-refractivity contribution < 1.29 is 14.3 Å². The van der Waals surface area contributed by atoms with Crippen LogP contribution >= 0.6 is 0 Å². The molecule has 5 nitrogen and oxygen atoms in total. The van der Waals surface area contributed by atoms with E-state index in [9.17, 15) is 9.59 Å². The average Bonchev–Trinajstić information content (AvgIpc) is 2.60. The fourth-order valence-electron chi connectivity index (χ4n) is 1.68. The number of hydrogen-bond acceptors (Lipinski definition) is 3.